The maximum atomic E-state index is 3.74. The van der Waals surface area contributed by atoms with Gasteiger partial charge in [0.05, 0.1) is 0 Å². The van der Waals surface area contributed by atoms with Crippen LogP contribution in [0.5, 0.6) is 0 Å². The van der Waals surface area contributed by atoms with Gasteiger partial charge in [0.15, 0.2) is 0 Å². The molecule has 2 unspecified atom stereocenters. The molecule has 1 aromatic heterocycles. The minimum absolute atomic E-state index is 0.407. The van der Waals surface area contributed by atoms with E-state index >= 15 is 0 Å². The van der Waals surface area contributed by atoms with Crippen LogP contribution in [0.1, 0.15) is 56.5 Å². The van der Waals surface area contributed by atoms with Gasteiger partial charge in [0.2, 0.25) is 0 Å². The molecule has 1 saturated carbocycles. The molecule has 3 rings (SSSR count). The van der Waals surface area contributed by atoms with Gasteiger partial charge in [-0.25, -0.2) is 0 Å². The van der Waals surface area contributed by atoms with E-state index in [2.05, 4.69) is 42.4 Å². The predicted molar refractivity (Wildman–Crippen MR) is 87.4 cm³/mol. The zero-order valence-electron chi connectivity index (χ0n) is 13.1. The number of fused-ring (bicyclic) bond motifs is 1. The van der Waals surface area contributed by atoms with Crippen LogP contribution in [0.15, 0.2) is 11.4 Å². The molecule has 1 aromatic rings. The second-order valence-corrected chi connectivity index (χ2v) is 8.02. The van der Waals surface area contributed by atoms with Gasteiger partial charge in [0, 0.05) is 36.6 Å². The topological polar surface area (TPSA) is 15.3 Å². The molecule has 0 saturated heterocycles. The van der Waals surface area contributed by atoms with Crippen molar-refractivity contribution in [2.24, 2.45) is 5.41 Å². The van der Waals surface area contributed by atoms with Crippen molar-refractivity contribution in [1.82, 2.24) is 10.2 Å². The molecule has 0 radical (unpaired) electrons. The fourth-order valence-corrected chi connectivity index (χ4v) is 4.20. The van der Waals surface area contributed by atoms with Gasteiger partial charge < -0.3 is 5.32 Å². The zero-order chi connectivity index (χ0) is 14.2. The van der Waals surface area contributed by atoms with E-state index in [-0.39, 0.29) is 0 Å². The third kappa shape index (κ3) is 3.10. The van der Waals surface area contributed by atoms with Crippen LogP contribution in [0.25, 0.3) is 0 Å². The smallest absolute Gasteiger partial charge is 0.0331 e. The van der Waals surface area contributed by atoms with Crippen LogP contribution in [-0.4, -0.2) is 30.6 Å². The summed E-state index contributed by atoms with van der Waals surface area (Å²) in [6.45, 7) is 10.8. The van der Waals surface area contributed by atoms with E-state index in [0.29, 0.717) is 11.5 Å². The summed E-state index contributed by atoms with van der Waals surface area (Å²) in [5.41, 5.74) is 1.99. The van der Waals surface area contributed by atoms with Gasteiger partial charge in [-0.15, -0.1) is 11.3 Å². The Morgan fingerprint density at radius 1 is 1.45 bits per heavy atom. The summed E-state index contributed by atoms with van der Waals surface area (Å²) in [4.78, 5) is 4.32. The first-order valence-corrected chi connectivity index (χ1v) is 9.03. The summed E-state index contributed by atoms with van der Waals surface area (Å²) < 4.78 is 0. The second kappa shape index (κ2) is 5.78. The largest absolute Gasteiger partial charge is 0.313 e. The van der Waals surface area contributed by atoms with Crippen molar-refractivity contribution in [3.05, 3.63) is 21.9 Å². The zero-order valence-corrected chi connectivity index (χ0v) is 13.9. The quantitative estimate of drug-likeness (QED) is 0.857. The van der Waals surface area contributed by atoms with Gasteiger partial charge in [-0.05, 0) is 55.0 Å². The summed E-state index contributed by atoms with van der Waals surface area (Å²) in [5.74, 6) is 0. The van der Waals surface area contributed by atoms with Gasteiger partial charge in [0.1, 0.15) is 0 Å². The van der Waals surface area contributed by atoms with Crippen LogP contribution in [-0.2, 0) is 6.42 Å². The SMILES string of the molecule is CCC(C)(CNC1CC1)CN1CCc2sccc2C1C. The Morgan fingerprint density at radius 3 is 2.95 bits per heavy atom. The fourth-order valence-electron chi connectivity index (χ4n) is 3.24. The highest BCUT2D eigenvalue weighted by Crippen LogP contribution is 2.35. The number of hydrogen-bond donors (Lipinski definition) is 1. The van der Waals surface area contributed by atoms with Crippen LogP contribution >= 0.6 is 11.3 Å². The van der Waals surface area contributed by atoms with Crippen molar-refractivity contribution in [3.8, 4) is 0 Å². The summed E-state index contributed by atoms with van der Waals surface area (Å²) in [5, 5.41) is 6.00. The maximum absolute atomic E-state index is 3.74. The molecule has 2 atom stereocenters. The Balaban J connectivity index is 1.63. The molecule has 0 bridgehead atoms. The molecule has 1 N–H and O–H groups in total. The third-order valence-corrected chi connectivity index (χ3v) is 6.23. The summed E-state index contributed by atoms with van der Waals surface area (Å²) in [6, 6.07) is 3.75. The van der Waals surface area contributed by atoms with Crippen LogP contribution in [0.4, 0.5) is 0 Å². The van der Waals surface area contributed by atoms with Crippen molar-refractivity contribution in [1.29, 1.82) is 0 Å². The molecule has 0 spiro atoms. The monoisotopic (exact) mass is 292 g/mol. The first-order valence-electron chi connectivity index (χ1n) is 8.15. The van der Waals surface area contributed by atoms with E-state index in [4.69, 9.17) is 0 Å². The average molecular weight is 292 g/mol. The van der Waals surface area contributed by atoms with E-state index in [1.165, 1.54) is 45.3 Å². The lowest BCUT2D eigenvalue weighted by molar-refractivity contribution is 0.114. The highest BCUT2D eigenvalue weighted by molar-refractivity contribution is 7.10. The molecule has 20 heavy (non-hydrogen) atoms. The molecule has 3 heteroatoms. The molecular formula is C17H28N2S. The fraction of sp³-hybridized carbons (Fsp3) is 0.765. The summed E-state index contributed by atoms with van der Waals surface area (Å²) in [7, 11) is 0. The lowest BCUT2D eigenvalue weighted by Crippen LogP contribution is -2.45. The van der Waals surface area contributed by atoms with Gasteiger partial charge in [-0.2, -0.15) is 0 Å². The van der Waals surface area contributed by atoms with Gasteiger partial charge >= 0.3 is 0 Å². The lowest BCUT2D eigenvalue weighted by atomic mass is 9.85. The van der Waals surface area contributed by atoms with Gasteiger partial charge in [-0.3, -0.25) is 4.90 Å². The Hall–Kier alpha value is -0.380. The standard InChI is InChI=1S/C17H28N2S/c1-4-17(3,11-18-14-5-6-14)12-19-9-7-16-15(13(19)2)8-10-20-16/h8,10,13-14,18H,4-7,9,11-12H2,1-3H3. The molecule has 1 fully saturated rings. The number of nitrogens with zero attached hydrogens (tertiary/aromatic N) is 1. The molecule has 2 aliphatic rings. The maximum Gasteiger partial charge on any atom is 0.0331 e. The van der Waals surface area contributed by atoms with Crippen LogP contribution < -0.4 is 5.32 Å². The number of nitrogens with one attached hydrogen (secondary N) is 1. The minimum atomic E-state index is 0.407. The highest BCUT2D eigenvalue weighted by atomic mass is 32.1. The minimum Gasteiger partial charge on any atom is -0.313 e. The molecule has 0 amide bonds. The van der Waals surface area contributed by atoms with Crippen molar-refractivity contribution < 1.29 is 0 Å². The first kappa shape index (κ1) is 14.6. The average Bonchev–Trinajstić information content (AvgIpc) is 3.16. The molecule has 1 aliphatic carbocycles. The Morgan fingerprint density at radius 2 is 2.25 bits per heavy atom. The van der Waals surface area contributed by atoms with Crippen LogP contribution in [0.3, 0.4) is 0 Å². The van der Waals surface area contributed by atoms with E-state index in [9.17, 15) is 0 Å². The van der Waals surface area contributed by atoms with Crippen LogP contribution in [0, 0.1) is 5.41 Å². The Kier molecular flexibility index (Phi) is 4.21. The molecule has 0 aromatic carbocycles. The normalized spacial score (nSPS) is 26.2. The van der Waals surface area contributed by atoms with Crippen molar-refractivity contribution >= 4 is 11.3 Å². The molecule has 2 heterocycles. The van der Waals surface area contributed by atoms with E-state index in [0.717, 1.165) is 6.04 Å². The van der Waals surface area contributed by atoms with Crippen molar-refractivity contribution in [2.45, 2.75) is 58.5 Å². The van der Waals surface area contributed by atoms with E-state index < -0.39 is 0 Å². The lowest BCUT2D eigenvalue weighted by Gasteiger charge is -2.40. The number of thiophene rings is 1. The molecule has 1 aliphatic heterocycles. The molecule has 2 nitrogen and oxygen atoms in total. The van der Waals surface area contributed by atoms with E-state index in [1.54, 1.807) is 10.4 Å². The molecule has 112 valence electrons. The van der Waals surface area contributed by atoms with Crippen molar-refractivity contribution in [3.63, 3.8) is 0 Å². The van der Waals surface area contributed by atoms with Crippen LogP contribution in [0.2, 0.25) is 0 Å². The summed E-state index contributed by atoms with van der Waals surface area (Å²) >= 11 is 1.94. The van der Waals surface area contributed by atoms with Gasteiger partial charge in [-0.1, -0.05) is 13.8 Å². The number of rotatable bonds is 6. The van der Waals surface area contributed by atoms with E-state index in [1.807, 2.05) is 11.3 Å². The first-order chi connectivity index (χ1) is 9.61. The summed E-state index contributed by atoms with van der Waals surface area (Å²) in [6.07, 6.45) is 5.27. The highest BCUT2D eigenvalue weighted by Gasteiger charge is 2.32. The second-order valence-electron chi connectivity index (χ2n) is 7.01. The Bertz CT molecular complexity index is 452. The van der Waals surface area contributed by atoms with Crippen molar-refractivity contribution in [2.75, 3.05) is 19.6 Å². The van der Waals surface area contributed by atoms with Gasteiger partial charge in [0.25, 0.3) is 0 Å². The Labute approximate surface area is 127 Å². The predicted octanol–water partition coefficient (Wildman–Crippen LogP) is 3.84. The molecular weight excluding hydrogens is 264 g/mol. The third-order valence-electron chi connectivity index (χ3n) is 5.24. The number of hydrogen-bond acceptors (Lipinski definition) is 3.